The first-order chi connectivity index (χ1) is 9.79. The topological polar surface area (TPSA) is 35.2 Å². The third-order valence-corrected chi connectivity index (χ3v) is 3.08. The van der Waals surface area contributed by atoms with E-state index in [0.29, 0.717) is 11.3 Å². The molecule has 0 bridgehead atoms. The highest BCUT2D eigenvalue weighted by Gasteiger charge is 2.30. The Kier molecular flexibility index (Phi) is 4.18. The van der Waals surface area contributed by atoms with E-state index in [-0.39, 0.29) is 10.7 Å². The lowest BCUT2D eigenvalue weighted by Gasteiger charge is -2.14. The zero-order valence-electron chi connectivity index (χ0n) is 11.1. The molecule has 0 radical (unpaired) electrons. The van der Waals surface area contributed by atoms with Gasteiger partial charge in [-0.3, -0.25) is 0 Å². The van der Waals surface area contributed by atoms with Crippen LogP contribution in [0.2, 0.25) is 0 Å². The van der Waals surface area contributed by atoms with Crippen LogP contribution in [0.25, 0.3) is 0 Å². The molecule has 110 valence electrons. The van der Waals surface area contributed by atoms with E-state index >= 15 is 0 Å². The molecule has 0 heterocycles. The molecule has 0 aliphatic rings. The molecule has 0 saturated carbocycles. The highest BCUT2D eigenvalue weighted by Crippen LogP contribution is 2.34. The molecule has 0 spiro atoms. The molecular formula is C15H12F3NOS. The van der Waals surface area contributed by atoms with E-state index in [0.717, 1.165) is 17.7 Å². The number of hydrogen-bond acceptors (Lipinski definition) is 2. The minimum absolute atomic E-state index is 0.0802. The van der Waals surface area contributed by atoms with Gasteiger partial charge in [-0.25, -0.2) is 0 Å². The minimum Gasteiger partial charge on any atom is -0.456 e. The average Bonchev–Trinajstić information content (AvgIpc) is 2.40. The van der Waals surface area contributed by atoms with Crippen molar-refractivity contribution >= 4 is 17.2 Å². The predicted molar refractivity (Wildman–Crippen MR) is 78.6 cm³/mol. The van der Waals surface area contributed by atoms with E-state index in [2.05, 4.69) is 0 Å². The Labute approximate surface area is 125 Å². The molecule has 6 heteroatoms. The highest BCUT2D eigenvalue weighted by molar-refractivity contribution is 7.80. The number of rotatable bonds is 3. The lowest BCUT2D eigenvalue weighted by atomic mass is 10.1. The fourth-order valence-corrected chi connectivity index (χ4v) is 2.00. The van der Waals surface area contributed by atoms with Crippen molar-refractivity contribution in [3.8, 4) is 11.5 Å². The van der Waals surface area contributed by atoms with Gasteiger partial charge in [0, 0.05) is 0 Å². The molecule has 2 aromatic rings. The SMILES string of the molecule is Cc1cccc(C(N)=S)c1Oc1cccc(C(F)(F)F)c1. The van der Waals surface area contributed by atoms with Crippen molar-refractivity contribution in [2.75, 3.05) is 0 Å². The largest absolute Gasteiger partial charge is 0.456 e. The second-order valence-electron chi connectivity index (χ2n) is 4.44. The molecule has 0 fully saturated rings. The van der Waals surface area contributed by atoms with Crippen molar-refractivity contribution in [1.29, 1.82) is 0 Å². The molecule has 2 nitrogen and oxygen atoms in total. The molecule has 0 atom stereocenters. The predicted octanol–water partition coefficient (Wildman–Crippen LogP) is 4.44. The number of thiocarbonyl (C=S) groups is 1. The smallest absolute Gasteiger partial charge is 0.416 e. The van der Waals surface area contributed by atoms with Crippen LogP contribution < -0.4 is 10.5 Å². The van der Waals surface area contributed by atoms with Gasteiger partial charge in [0.1, 0.15) is 16.5 Å². The molecule has 0 aliphatic heterocycles. The Morgan fingerprint density at radius 2 is 1.81 bits per heavy atom. The van der Waals surface area contributed by atoms with Gasteiger partial charge in [0.05, 0.1) is 11.1 Å². The van der Waals surface area contributed by atoms with Gasteiger partial charge >= 0.3 is 6.18 Å². The number of hydrogen-bond donors (Lipinski definition) is 1. The maximum atomic E-state index is 12.7. The van der Waals surface area contributed by atoms with Gasteiger partial charge < -0.3 is 10.5 Å². The van der Waals surface area contributed by atoms with Gasteiger partial charge in [0.15, 0.2) is 0 Å². The minimum atomic E-state index is -4.42. The maximum Gasteiger partial charge on any atom is 0.416 e. The molecule has 2 aromatic carbocycles. The number of benzene rings is 2. The monoisotopic (exact) mass is 311 g/mol. The summed E-state index contributed by atoms with van der Waals surface area (Å²) >= 11 is 4.93. The van der Waals surface area contributed by atoms with Crippen LogP contribution in [0.15, 0.2) is 42.5 Å². The normalized spacial score (nSPS) is 11.2. The molecule has 2 rings (SSSR count). The Bertz CT molecular complexity index is 683. The van der Waals surface area contributed by atoms with E-state index in [9.17, 15) is 13.2 Å². The Morgan fingerprint density at radius 1 is 1.14 bits per heavy atom. The summed E-state index contributed by atoms with van der Waals surface area (Å²) in [5.74, 6) is 0.445. The molecule has 0 saturated heterocycles. The van der Waals surface area contributed by atoms with Gasteiger partial charge in [-0.05, 0) is 36.8 Å². The quantitative estimate of drug-likeness (QED) is 0.851. The van der Waals surface area contributed by atoms with E-state index in [1.807, 2.05) is 0 Å². The van der Waals surface area contributed by atoms with Crippen molar-refractivity contribution in [3.05, 3.63) is 59.2 Å². The molecular weight excluding hydrogens is 299 g/mol. The number of aryl methyl sites for hydroxylation is 1. The number of alkyl halides is 3. The Morgan fingerprint density at radius 3 is 2.43 bits per heavy atom. The summed E-state index contributed by atoms with van der Waals surface area (Å²) in [6, 6.07) is 9.85. The van der Waals surface area contributed by atoms with E-state index in [1.54, 1.807) is 25.1 Å². The summed E-state index contributed by atoms with van der Waals surface area (Å²) in [5.41, 5.74) is 6.06. The van der Waals surface area contributed by atoms with Crippen LogP contribution in [0.5, 0.6) is 11.5 Å². The van der Waals surface area contributed by atoms with Gasteiger partial charge in [0.25, 0.3) is 0 Å². The van der Waals surface area contributed by atoms with Crippen molar-refractivity contribution in [1.82, 2.24) is 0 Å². The van der Waals surface area contributed by atoms with Gasteiger partial charge in [-0.2, -0.15) is 13.2 Å². The van der Waals surface area contributed by atoms with E-state index in [1.165, 1.54) is 12.1 Å². The summed E-state index contributed by atoms with van der Waals surface area (Å²) in [6.07, 6.45) is -4.42. The first-order valence-electron chi connectivity index (χ1n) is 6.03. The average molecular weight is 311 g/mol. The first kappa shape index (κ1) is 15.3. The van der Waals surface area contributed by atoms with E-state index < -0.39 is 11.7 Å². The fraction of sp³-hybridized carbons (Fsp3) is 0.133. The summed E-state index contributed by atoms with van der Waals surface area (Å²) in [5, 5.41) is 0. The summed E-state index contributed by atoms with van der Waals surface area (Å²) in [7, 11) is 0. The third kappa shape index (κ3) is 3.52. The lowest BCUT2D eigenvalue weighted by molar-refractivity contribution is -0.137. The van der Waals surface area contributed by atoms with Crippen molar-refractivity contribution in [3.63, 3.8) is 0 Å². The number of para-hydroxylation sites is 1. The zero-order chi connectivity index (χ0) is 15.6. The number of ether oxygens (including phenoxy) is 1. The standard InChI is InChI=1S/C15H12F3NOS/c1-9-4-2-7-12(14(19)21)13(9)20-11-6-3-5-10(8-11)15(16,17)18/h2-8H,1H3,(H2,19,21). The molecule has 2 N–H and O–H groups in total. The number of halogens is 3. The van der Waals surface area contributed by atoms with Crippen LogP contribution in [-0.2, 0) is 6.18 Å². The highest BCUT2D eigenvalue weighted by atomic mass is 32.1. The molecule has 0 aliphatic carbocycles. The number of nitrogens with two attached hydrogens (primary N) is 1. The second-order valence-corrected chi connectivity index (χ2v) is 4.88. The van der Waals surface area contributed by atoms with Gasteiger partial charge in [-0.15, -0.1) is 0 Å². The zero-order valence-corrected chi connectivity index (χ0v) is 11.9. The lowest BCUT2D eigenvalue weighted by Crippen LogP contribution is -2.11. The molecule has 21 heavy (non-hydrogen) atoms. The van der Waals surface area contributed by atoms with Crippen LogP contribution in [0.4, 0.5) is 13.2 Å². The second kappa shape index (κ2) is 5.73. The van der Waals surface area contributed by atoms with E-state index in [4.69, 9.17) is 22.7 Å². The summed E-state index contributed by atoms with van der Waals surface area (Å²) in [4.78, 5) is 0.126. The maximum absolute atomic E-state index is 12.7. The van der Waals surface area contributed by atoms with Crippen LogP contribution in [0.1, 0.15) is 16.7 Å². The fourth-order valence-electron chi connectivity index (χ4n) is 1.84. The molecule has 0 amide bonds. The molecule has 0 unspecified atom stereocenters. The Balaban J connectivity index is 2.42. The summed E-state index contributed by atoms with van der Waals surface area (Å²) in [6.45, 7) is 1.77. The van der Waals surface area contributed by atoms with Crippen molar-refractivity contribution < 1.29 is 17.9 Å². The van der Waals surface area contributed by atoms with Gasteiger partial charge in [-0.1, -0.05) is 30.4 Å². The van der Waals surface area contributed by atoms with Crippen LogP contribution in [-0.4, -0.2) is 4.99 Å². The Hall–Kier alpha value is -2.08. The van der Waals surface area contributed by atoms with Crippen molar-refractivity contribution in [2.45, 2.75) is 13.1 Å². The van der Waals surface area contributed by atoms with Crippen LogP contribution in [0, 0.1) is 6.92 Å². The van der Waals surface area contributed by atoms with Gasteiger partial charge in [0.2, 0.25) is 0 Å². The van der Waals surface area contributed by atoms with Crippen LogP contribution in [0.3, 0.4) is 0 Å². The first-order valence-corrected chi connectivity index (χ1v) is 6.44. The molecule has 0 aromatic heterocycles. The van der Waals surface area contributed by atoms with Crippen molar-refractivity contribution in [2.24, 2.45) is 5.73 Å². The van der Waals surface area contributed by atoms with Crippen LogP contribution >= 0.6 is 12.2 Å². The summed E-state index contributed by atoms with van der Waals surface area (Å²) < 4.78 is 43.7. The third-order valence-electron chi connectivity index (χ3n) is 2.86.